The number of aromatic nitrogens is 4. The molecule has 2 aromatic heterocycles. The van der Waals surface area contributed by atoms with Crippen molar-refractivity contribution in [3.05, 3.63) is 58.1 Å². The van der Waals surface area contributed by atoms with E-state index in [1.807, 2.05) is 19.9 Å². The molecular weight excluding hydrogens is 356 g/mol. The number of aryl methyl sites for hydroxylation is 2. The number of carbonyl (C=O) groups is 1. The lowest BCUT2D eigenvalue weighted by atomic mass is 10.2. The van der Waals surface area contributed by atoms with Crippen LogP contribution in [-0.2, 0) is 9.53 Å². The fourth-order valence-electron chi connectivity index (χ4n) is 2.73. The maximum atomic E-state index is 12.0. The van der Waals surface area contributed by atoms with Crippen molar-refractivity contribution in [2.45, 2.75) is 27.0 Å². The molecule has 0 spiro atoms. The van der Waals surface area contributed by atoms with E-state index in [9.17, 15) is 4.79 Å². The first kappa shape index (κ1) is 16.5. The zero-order chi connectivity index (χ0) is 18.4. The normalized spacial score (nSPS) is 16.7. The number of rotatable bonds is 2. The first-order chi connectivity index (χ1) is 12.4. The molecule has 0 fully saturated rings. The SMILES string of the molecule is CC(=O)N1N=C(c2ccc(Cl)cc2)O[C@@H]1c1nc2nc(C)cc(C)n2n1. The van der Waals surface area contributed by atoms with Crippen LogP contribution >= 0.6 is 11.6 Å². The van der Waals surface area contributed by atoms with Crippen molar-refractivity contribution in [2.75, 3.05) is 0 Å². The molecule has 0 radical (unpaired) electrons. The summed E-state index contributed by atoms with van der Waals surface area (Å²) in [6, 6.07) is 8.91. The first-order valence-corrected chi connectivity index (χ1v) is 8.32. The molecule has 1 aliphatic heterocycles. The van der Waals surface area contributed by atoms with E-state index in [1.165, 1.54) is 11.9 Å². The van der Waals surface area contributed by atoms with Crippen molar-refractivity contribution in [2.24, 2.45) is 5.10 Å². The van der Waals surface area contributed by atoms with E-state index in [4.69, 9.17) is 16.3 Å². The van der Waals surface area contributed by atoms with Crippen LogP contribution in [0.1, 0.15) is 35.9 Å². The summed E-state index contributed by atoms with van der Waals surface area (Å²) in [5.41, 5.74) is 2.43. The molecule has 0 saturated carbocycles. The molecule has 132 valence electrons. The predicted molar refractivity (Wildman–Crippen MR) is 94.6 cm³/mol. The van der Waals surface area contributed by atoms with Gasteiger partial charge >= 0.3 is 0 Å². The van der Waals surface area contributed by atoms with E-state index in [0.29, 0.717) is 28.1 Å². The second-order valence-electron chi connectivity index (χ2n) is 5.97. The molecule has 26 heavy (non-hydrogen) atoms. The number of hydrazone groups is 1. The molecule has 8 nitrogen and oxygen atoms in total. The van der Waals surface area contributed by atoms with Gasteiger partial charge in [-0.2, -0.15) is 9.99 Å². The Bertz CT molecular complexity index is 1040. The summed E-state index contributed by atoms with van der Waals surface area (Å²) in [4.78, 5) is 20.8. The predicted octanol–water partition coefficient (Wildman–Crippen LogP) is 2.63. The number of benzene rings is 1. The van der Waals surface area contributed by atoms with Gasteiger partial charge < -0.3 is 4.74 Å². The minimum Gasteiger partial charge on any atom is -0.442 e. The van der Waals surface area contributed by atoms with Gasteiger partial charge in [-0.1, -0.05) is 11.6 Å². The lowest BCUT2D eigenvalue weighted by molar-refractivity contribution is -0.135. The molecule has 4 rings (SSSR count). The number of carbonyl (C=O) groups excluding carboxylic acids is 1. The van der Waals surface area contributed by atoms with E-state index in [2.05, 4.69) is 20.2 Å². The quantitative estimate of drug-likeness (QED) is 0.692. The highest BCUT2D eigenvalue weighted by atomic mass is 35.5. The number of hydrogen-bond acceptors (Lipinski definition) is 6. The molecule has 3 aromatic rings. The van der Waals surface area contributed by atoms with Crippen LogP contribution in [0.3, 0.4) is 0 Å². The highest BCUT2D eigenvalue weighted by Gasteiger charge is 2.36. The summed E-state index contributed by atoms with van der Waals surface area (Å²) in [6.45, 7) is 5.21. The van der Waals surface area contributed by atoms with E-state index in [0.717, 1.165) is 11.4 Å². The fraction of sp³-hybridized carbons (Fsp3) is 0.235. The topological polar surface area (TPSA) is 85.0 Å². The molecule has 0 saturated heterocycles. The Hall–Kier alpha value is -3.00. The first-order valence-electron chi connectivity index (χ1n) is 7.94. The molecule has 3 heterocycles. The number of nitrogens with zero attached hydrogens (tertiary/aromatic N) is 6. The van der Waals surface area contributed by atoms with Crippen LogP contribution in [0, 0.1) is 13.8 Å². The summed E-state index contributed by atoms with van der Waals surface area (Å²) in [6.07, 6.45) is -0.848. The minimum atomic E-state index is -0.848. The fourth-order valence-corrected chi connectivity index (χ4v) is 2.86. The minimum absolute atomic E-state index is 0.279. The van der Waals surface area contributed by atoms with Gasteiger partial charge in [0.2, 0.25) is 17.6 Å². The molecule has 1 aliphatic rings. The monoisotopic (exact) mass is 370 g/mol. The van der Waals surface area contributed by atoms with E-state index >= 15 is 0 Å². The Morgan fingerprint density at radius 3 is 2.62 bits per heavy atom. The second kappa shape index (κ2) is 6.06. The summed E-state index contributed by atoms with van der Waals surface area (Å²) in [7, 11) is 0. The maximum absolute atomic E-state index is 12.0. The molecule has 0 bridgehead atoms. The zero-order valence-corrected chi connectivity index (χ0v) is 15.1. The van der Waals surface area contributed by atoms with Gasteiger partial charge in [0, 0.05) is 28.9 Å². The Labute approximate surface area is 154 Å². The van der Waals surface area contributed by atoms with Crippen LogP contribution in [0.4, 0.5) is 0 Å². The van der Waals surface area contributed by atoms with Crippen molar-refractivity contribution >= 4 is 29.2 Å². The largest absolute Gasteiger partial charge is 0.442 e. The average molecular weight is 371 g/mol. The molecular formula is C17H15ClN6O2. The number of fused-ring (bicyclic) bond motifs is 1. The lowest BCUT2D eigenvalue weighted by Gasteiger charge is -2.15. The number of amides is 1. The molecule has 1 atom stereocenters. The van der Waals surface area contributed by atoms with Gasteiger partial charge in [0.1, 0.15) is 0 Å². The van der Waals surface area contributed by atoms with Gasteiger partial charge in [-0.25, -0.2) is 9.50 Å². The maximum Gasteiger partial charge on any atom is 0.258 e. The Morgan fingerprint density at radius 2 is 1.92 bits per heavy atom. The Balaban J connectivity index is 1.73. The number of halogens is 1. The van der Waals surface area contributed by atoms with Crippen molar-refractivity contribution < 1.29 is 9.53 Å². The highest BCUT2D eigenvalue weighted by Crippen LogP contribution is 2.29. The standard InChI is InChI=1S/C17H15ClN6O2/c1-9-8-10(2)23-17(19-9)20-14(21-23)16-24(11(3)25)22-15(26-16)12-4-6-13(18)7-5-12/h4-8,16H,1-3H3/t16-/m1/s1. The average Bonchev–Trinajstić information content (AvgIpc) is 3.19. The summed E-state index contributed by atoms with van der Waals surface area (Å²) in [5.74, 6) is 0.791. The second-order valence-corrected chi connectivity index (χ2v) is 6.40. The number of hydrogen-bond donors (Lipinski definition) is 0. The van der Waals surface area contributed by atoms with Gasteiger partial charge in [-0.3, -0.25) is 4.79 Å². The molecule has 9 heteroatoms. The Kier molecular flexibility index (Phi) is 3.84. The molecule has 1 aromatic carbocycles. The van der Waals surface area contributed by atoms with Crippen molar-refractivity contribution in [3.8, 4) is 0 Å². The third kappa shape index (κ3) is 2.78. The third-order valence-corrected chi connectivity index (χ3v) is 4.17. The van der Waals surface area contributed by atoms with Crippen LogP contribution in [0.25, 0.3) is 5.78 Å². The van der Waals surface area contributed by atoms with Crippen LogP contribution in [0.2, 0.25) is 5.02 Å². The van der Waals surface area contributed by atoms with Crippen molar-refractivity contribution in [1.29, 1.82) is 0 Å². The summed E-state index contributed by atoms with van der Waals surface area (Å²) < 4.78 is 7.51. The molecule has 0 aliphatic carbocycles. The van der Waals surface area contributed by atoms with E-state index < -0.39 is 6.23 Å². The van der Waals surface area contributed by atoms with Gasteiger partial charge in [-0.15, -0.1) is 10.2 Å². The zero-order valence-electron chi connectivity index (χ0n) is 14.3. The van der Waals surface area contributed by atoms with Gasteiger partial charge in [0.15, 0.2) is 0 Å². The number of ether oxygens (including phenoxy) is 1. The van der Waals surface area contributed by atoms with Crippen LogP contribution < -0.4 is 0 Å². The van der Waals surface area contributed by atoms with Crippen molar-refractivity contribution in [1.82, 2.24) is 24.6 Å². The molecule has 0 N–H and O–H groups in total. The highest BCUT2D eigenvalue weighted by molar-refractivity contribution is 6.30. The third-order valence-electron chi connectivity index (χ3n) is 3.91. The van der Waals surface area contributed by atoms with E-state index in [-0.39, 0.29) is 5.91 Å². The smallest absolute Gasteiger partial charge is 0.258 e. The Morgan fingerprint density at radius 1 is 1.19 bits per heavy atom. The molecule has 1 amide bonds. The summed E-state index contributed by atoms with van der Waals surface area (Å²) >= 11 is 5.92. The van der Waals surface area contributed by atoms with Crippen LogP contribution in [0.5, 0.6) is 0 Å². The van der Waals surface area contributed by atoms with Gasteiger partial charge in [0.05, 0.1) is 0 Å². The van der Waals surface area contributed by atoms with Crippen molar-refractivity contribution in [3.63, 3.8) is 0 Å². The lowest BCUT2D eigenvalue weighted by Crippen LogP contribution is -2.26. The van der Waals surface area contributed by atoms with Gasteiger partial charge in [-0.05, 0) is 44.2 Å². The van der Waals surface area contributed by atoms with Gasteiger partial charge in [0.25, 0.3) is 12.0 Å². The van der Waals surface area contributed by atoms with Crippen LogP contribution in [0.15, 0.2) is 35.4 Å². The van der Waals surface area contributed by atoms with E-state index in [1.54, 1.807) is 28.8 Å². The van der Waals surface area contributed by atoms with Crippen LogP contribution in [-0.4, -0.2) is 36.4 Å². The molecule has 0 unspecified atom stereocenters. The summed E-state index contributed by atoms with van der Waals surface area (Å²) in [5, 5.41) is 10.5.